The number of hydrogen-bond donors (Lipinski definition) is 1. The fraction of sp³-hybridized carbons (Fsp3) is 0.462. The van der Waals surface area contributed by atoms with Crippen molar-refractivity contribution in [2.45, 2.75) is 33.7 Å². The summed E-state index contributed by atoms with van der Waals surface area (Å²) in [5, 5.41) is 7.77. The number of hydrogen-bond acceptors (Lipinski definition) is 4. The Labute approximate surface area is 107 Å². The molecule has 2 aromatic heterocycles. The minimum absolute atomic E-state index is 0.769. The third kappa shape index (κ3) is 2.73. The standard InChI is InChI=1S/C13H19N5/c1-4-7-14-9-12-6-5-8-15-13(12)18-11(3)16-10(2)17-18/h5-6,8,14H,4,7,9H2,1-3H3. The highest BCUT2D eigenvalue weighted by Crippen LogP contribution is 2.12. The van der Waals surface area contributed by atoms with Crippen LogP contribution in [0.3, 0.4) is 0 Å². The summed E-state index contributed by atoms with van der Waals surface area (Å²) >= 11 is 0. The second-order valence-electron chi connectivity index (χ2n) is 4.28. The van der Waals surface area contributed by atoms with Crippen LogP contribution in [0.15, 0.2) is 18.3 Å². The van der Waals surface area contributed by atoms with Gasteiger partial charge < -0.3 is 5.32 Å². The quantitative estimate of drug-likeness (QED) is 0.816. The molecule has 2 rings (SSSR count). The van der Waals surface area contributed by atoms with Crippen LogP contribution in [-0.4, -0.2) is 26.3 Å². The Kier molecular flexibility index (Phi) is 4.04. The lowest BCUT2D eigenvalue weighted by Crippen LogP contribution is -2.16. The van der Waals surface area contributed by atoms with E-state index in [0.29, 0.717) is 0 Å². The topological polar surface area (TPSA) is 55.6 Å². The van der Waals surface area contributed by atoms with E-state index < -0.39 is 0 Å². The molecule has 0 aliphatic rings. The fourth-order valence-electron chi connectivity index (χ4n) is 1.88. The van der Waals surface area contributed by atoms with Crippen molar-refractivity contribution in [3.63, 3.8) is 0 Å². The molecule has 0 amide bonds. The number of rotatable bonds is 5. The van der Waals surface area contributed by atoms with E-state index in [2.05, 4.69) is 33.4 Å². The summed E-state index contributed by atoms with van der Waals surface area (Å²) in [7, 11) is 0. The van der Waals surface area contributed by atoms with E-state index in [1.54, 1.807) is 10.9 Å². The van der Waals surface area contributed by atoms with Gasteiger partial charge in [-0.3, -0.25) is 0 Å². The van der Waals surface area contributed by atoms with Crippen molar-refractivity contribution in [3.05, 3.63) is 35.5 Å². The van der Waals surface area contributed by atoms with Gasteiger partial charge in [-0.1, -0.05) is 13.0 Å². The first-order valence-electron chi connectivity index (χ1n) is 6.27. The van der Waals surface area contributed by atoms with E-state index in [-0.39, 0.29) is 0 Å². The molecule has 0 aliphatic carbocycles. The second-order valence-corrected chi connectivity index (χ2v) is 4.28. The van der Waals surface area contributed by atoms with Gasteiger partial charge in [0, 0.05) is 18.3 Å². The van der Waals surface area contributed by atoms with Gasteiger partial charge in [0.05, 0.1) is 0 Å². The molecule has 96 valence electrons. The summed E-state index contributed by atoms with van der Waals surface area (Å²) in [5.41, 5.74) is 1.14. The van der Waals surface area contributed by atoms with E-state index in [1.165, 1.54) is 0 Å². The second kappa shape index (κ2) is 5.73. The molecule has 2 aromatic rings. The monoisotopic (exact) mass is 245 g/mol. The van der Waals surface area contributed by atoms with Gasteiger partial charge in [0.2, 0.25) is 0 Å². The summed E-state index contributed by atoms with van der Waals surface area (Å²) in [6.07, 6.45) is 2.91. The average Bonchev–Trinajstić information content (AvgIpc) is 2.69. The van der Waals surface area contributed by atoms with Crippen LogP contribution in [0.5, 0.6) is 0 Å². The van der Waals surface area contributed by atoms with Gasteiger partial charge in [-0.15, -0.1) is 5.10 Å². The number of nitrogens with one attached hydrogen (secondary N) is 1. The molecule has 18 heavy (non-hydrogen) atoms. The minimum Gasteiger partial charge on any atom is -0.313 e. The van der Waals surface area contributed by atoms with Gasteiger partial charge in [-0.2, -0.15) is 4.68 Å². The van der Waals surface area contributed by atoms with Gasteiger partial charge in [-0.05, 0) is 32.9 Å². The highest BCUT2D eigenvalue weighted by atomic mass is 15.4. The molecule has 2 heterocycles. The van der Waals surface area contributed by atoms with Crippen LogP contribution in [0, 0.1) is 13.8 Å². The maximum absolute atomic E-state index is 4.42. The van der Waals surface area contributed by atoms with E-state index >= 15 is 0 Å². The number of aryl methyl sites for hydroxylation is 2. The number of pyridine rings is 1. The van der Waals surface area contributed by atoms with Crippen LogP contribution in [0.2, 0.25) is 0 Å². The smallest absolute Gasteiger partial charge is 0.159 e. The lowest BCUT2D eigenvalue weighted by molar-refractivity contribution is 0.664. The highest BCUT2D eigenvalue weighted by molar-refractivity contribution is 5.33. The molecule has 0 aliphatic heterocycles. The molecule has 0 spiro atoms. The number of aromatic nitrogens is 4. The largest absolute Gasteiger partial charge is 0.313 e. The van der Waals surface area contributed by atoms with Gasteiger partial charge >= 0.3 is 0 Å². The van der Waals surface area contributed by atoms with Crippen LogP contribution in [-0.2, 0) is 6.54 Å². The van der Waals surface area contributed by atoms with Crippen LogP contribution < -0.4 is 5.32 Å². The van der Waals surface area contributed by atoms with Gasteiger partial charge in [-0.25, -0.2) is 9.97 Å². The lowest BCUT2D eigenvalue weighted by atomic mass is 10.2. The lowest BCUT2D eigenvalue weighted by Gasteiger charge is -2.09. The van der Waals surface area contributed by atoms with Crippen LogP contribution >= 0.6 is 0 Å². The van der Waals surface area contributed by atoms with Gasteiger partial charge in [0.1, 0.15) is 11.6 Å². The van der Waals surface area contributed by atoms with Crippen molar-refractivity contribution < 1.29 is 0 Å². The van der Waals surface area contributed by atoms with E-state index in [0.717, 1.165) is 42.5 Å². The Morgan fingerprint density at radius 1 is 1.33 bits per heavy atom. The summed E-state index contributed by atoms with van der Waals surface area (Å²) in [5.74, 6) is 2.49. The molecule has 0 fully saturated rings. The molecule has 0 atom stereocenters. The predicted molar refractivity (Wildman–Crippen MR) is 70.6 cm³/mol. The van der Waals surface area contributed by atoms with Gasteiger partial charge in [0.25, 0.3) is 0 Å². The molecule has 0 saturated carbocycles. The molecule has 0 saturated heterocycles. The molecular weight excluding hydrogens is 226 g/mol. The first kappa shape index (κ1) is 12.7. The zero-order chi connectivity index (χ0) is 13.0. The molecular formula is C13H19N5. The van der Waals surface area contributed by atoms with Crippen molar-refractivity contribution in [2.75, 3.05) is 6.54 Å². The predicted octanol–water partition coefficient (Wildman–Crippen LogP) is 1.78. The zero-order valence-electron chi connectivity index (χ0n) is 11.1. The summed E-state index contributed by atoms with van der Waals surface area (Å²) in [6, 6.07) is 4.02. The first-order chi connectivity index (χ1) is 8.72. The van der Waals surface area contributed by atoms with Crippen LogP contribution in [0.4, 0.5) is 0 Å². The van der Waals surface area contributed by atoms with Crippen LogP contribution in [0.25, 0.3) is 5.82 Å². The summed E-state index contributed by atoms with van der Waals surface area (Å²) < 4.78 is 1.80. The van der Waals surface area contributed by atoms with E-state index in [4.69, 9.17) is 0 Å². The van der Waals surface area contributed by atoms with Crippen molar-refractivity contribution in [3.8, 4) is 5.82 Å². The third-order valence-electron chi connectivity index (χ3n) is 2.69. The Morgan fingerprint density at radius 2 is 2.17 bits per heavy atom. The average molecular weight is 245 g/mol. The first-order valence-corrected chi connectivity index (χ1v) is 6.27. The molecule has 0 unspecified atom stereocenters. The van der Waals surface area contributed by atoms with Crippen molar-refractivity contribution in [1.29, 1.82) is 0 Å². The molecule has 0 radical (unpaired) electrons. The Morgan fingerprint density at radius 3 is 2.83 bits per heavy atom. The van der Waals surface area contributed by atoms with Crippen molar-refractivity contribution in [2.24, 2.45) is 0 Å². The van der Waals surface area contributed by atoms with Crippen molar-refractivity contribution in [1.82, 2.24) is 25.1 Å². The Balaban J connectivity index is 2.29. The molecule has 0 aromatic carbocycles. The molecule has 0 bridgehead atoms. The third-order valence-corrected chi connectivity index (χ3v) is 2.69. The summed E-state index contributed by atoms with van der Waals surface area (Å²) in [6.45, 7) is 7.79. The fourth-order valence-corrected chi connectivity index (χ4v) is 1.88. The molecule has 5 heteroatoms. The normalized spacial score (nSPS) is 10.8. The highest BCUT2D eigenvalue weighted by Gasteiger charge is 2.10. The van der Waals surface area contributed by atoms with E-state index in [9.17, 15) is 0 Å². The molecule has 5 nitrogen and oxygen atoms in total. The molecule has 1 N–H and O–H groups in total. The number of nitrogens with zero attached hydrogens (tertiary/aromatic N) is 4. The maximum atomic E-state index is 4.42. The summed E-state index contributed by atoms with van der Waals surface area (Å²) in [4.78, 5) is 8.74. The SMILES string of the molecule is CCCNCc1cccnc1-n1nc(C)nc1C. The zero-order valence-corrected chi connectivity index (χ0v) is 11.1. The maximum Gasteiger partial charge on any atom is 0.159 e. The van der Waals surface area contributed by atoms with Crippen molar-refractivity contribution >= 4 is 0 Å². The van der Waals surface area contributed by atoms with E-state index in [1.807, 2.05) is 19.9 Å². The van der Waals surface area contributed by atoms with Crippen LogP contribution in [0.1, 0.15) is 30.6 Å². The van der Waals surface area contributed by atoms with Gasteiger partial charge in [0.15, 0.2) is 5.82 Å². The Hall–Kier alpha value is -1.75. The minimum atomic E-state index is 0.769. The Bertz CT molecular complexity index is 518.